The molecule has 1 aliphatic heterocycles. The average Bonchev–Trinajstić information content (AvgIpc) is 2.47. The number of benzene rings is 1. The zero-order valence-corrected chi connectivity index (χ0v) is 12.3. The number of hydrogen-bond donors (Lipinski definition) is 2. The second-order valence-corrected chi connectivity index (χ2v) is 5.42. The molecular weight excluding hydrogens is 275 g/mol. The number of aliphatic hydroxyl groups is 1. The molecule has 1 aromatic carbocycles. The molecule has 1 aliphatic rings. The smallest absolute Gasteiger partial charge is 0.250 e. The van der Waals surface area contributed by atoms with Crippen LogP contribution in [0.25, 0.3) is 0 Å². The first-order chi connectivity index (χ1) is 9.97. The van der Waals surface area contributed by atoms with Crippen LogP contribution in [-0.2, 0) is 9.53 Å². The van der Waals surface area contributed by atoms with Crippen LogP contribution in [0.15, 0.2) is 24.3 Å². The van der Waals surface area contributed by atoms with E-state index in [-0.39, 0.29) is 11.7 Å². The summed E-state index contributed by atoms with van der Waals surface area (Å²) in [5, 5.41) is 12.9. The van der Waals surface area contributed by atoms with E-state index < -0.39 is 18.2 Å². The summed E-state index contributed by atoms with van der Waals surface area (Å²) in [5.74, 6) is -0.600. The highest BCUT2D eigenvalue weighted by molar-refractivity contribution is 5.81. The summed E-state index contributed by atoms with van der Waals surface area (Å²) in [4.78, 5) is 14.1. The van der Waals surface area contributed by atoms with Gasteiger partial charge in [-0.3, -0.25) is 4.79 Å². The van der Waals surface area contributed by atoms with E-state index in [1.807, 2.05) is 11.9 Å². The van der Waals surface area contributed by atoms with Crippen LogP contribution in [0.3, 0.4) is 0 Å². The first kappa shape index (κ1) is 15.9. The van der Waals surface area contributed by atoms with Crippen molar-refractivity contribution in [2.45, 2.75) is 25.2 Å². The standard InChI is InChI=1S/C15H21FN2O3/c1-10(14(19)11-3-5-12(16)6-4-11)17-15(20)13-9-18(2)7-8-21-13/h3-6,10,13-14,19H,7-9H2,1-2H3,(H,17,20). The molecule has 5 nitrogen and oxygen atoms in total. The van der Waals surface area contributed by atoms with Crippen LogP contribution in [-0.4, -0.2) is 54.8 Å². The quantitative estimate of drug-likeness (QED) is 0.858. The number of morpholine rings is 1. The maximum atomic E-state index is 12.9. The molecule has 1 heterocycles. The predicted molar refractivity (Wildman–Crippen MR) is 76.2 cm³/mol. The zero-order valence-electron chi connectivity index (χ0n) is 12.3. The van der Waals surface area contributed by atoms with Crippen molar-refractivity contribution >= 4 is 5.91 Å². The monoisotopic (exact) mass is 296 g/mol. The van der Waals surface area contributed by atoms with Crippen molar-refractivity contribution in [3.05, 3.63) is 35.6 Å². The largest absolute Gasteiger partial charge is 0.386 e. The van der Waals surface area contributed by atoms with Gasteiger partial charge in [0.2, 0.25) is 0 Å². The number of nitrogens with one attached hydrogen (secondary N) is 1. The van der Waals surface area contributed by atoms with Crippen LogP contribution in [0.1, 0.15) is 18.6 Å². The van der Waals surface area contributed by atoms with Crippen molar-refractivity contribution < 1.29 is 19.0 Å². The molecule has 1 aromatic rings. The molecule has 0 aliphatic carbocycles. The Morgan fingerprint density at radius 1 is 1.48 bits per heavy atom. The van der Waals surface area contributed by atoms with Gasteiger partial charge in [0, 0.05) is 13.1 Å². The molecule has 0 saturated carbocycles. The number of halogens is 1. The Labute approximate surface area is 123 Å². The van der Waals surface area contributed by atoms with E-state index in [2.05, 4.69) is 5.32 Å². The maximum absolute atomic E-state index is 12.9. The van der Waals surface area contributed by atoms with Gasteiger partial charge in [-0.15, -0.1) is 0 Å². The number of ether oxygens (including phenoxy) is 1. The van der Waals surface area contributed by atoms with Crippen molar-refractivity contribution in [1.29, 1.82) is 0 Å². The summed E-state index contributed by atoms with van der Waals surface area (Å²) in [7, 11) is 1.93. The van der Waals surface area contributed by atoms with E-state index in [1.54, 1.807) is 6.92 Å². The Hall–Kier alpha value is -1.50. The van der Waals surface area contributed by atoms with Crippen LogP contribution in [0.4, 0.5) is 4.39 Å². The lowest BCUT2D eigenvalue weighted by Gasteiger charge is -2.30. The number of aliphatic hydroxyl groups excluding tert-OH is 1. The van der Waals surface area contributed by atoms with E-state index in [0.717, 1.165) is 6.54 Å². The molecule has 3 unspecified atom stereocenters. The molecule has 2 rings (SSSR count). The third-order valence-electron chi connectivity index (χ3n) is 3.62. The summed E-state index contributed by atoms with van der Waals surface area (Å²) in [6.45, 7) is 3.56. The number of carbonyl (C=O) groups excluding carboxylic acids is 1. The molecule has 0 spiro atoms. The molecule has 1 saturated heterocycles. The molecule has 1 fully saturated rings. The molecule has 3 atom stereocenters. The average molecular weight is 296 g/mol. The fourth-order valence-electron chi connectivity index (χ4n) is 2.28. The van der Waals surface area contributed by atoms with Gasteiger partial charge < -0.3 is 20.1 Å². The highest BCUT2D eigenvalue weighted by Gasteiger charge is 2.27. The lowest BCUT2D eigenvalue weighted by atomic mass is 10.0. The van der Waals surface area contributed by atoms with Crippen LogP contribution in [0, 0.1) is 5.82 Å². The zero-order chi connectivity index (χ0) is 15.4. The summed E-state index contributed by atoms with van der Waals surface area (Å²) in [6.07, 6.45) is -1.41. The lowest BCUT2D eigenvalue weighted by molar-refractivity contribution is -0.139. The summed E-state index contributed by atoms with van der Waals surface area (Å²) >= 11 is 0. The molecule has 2 N–H and O–H groups in total. The van der Waals surface area contributed by atoms with Crippen molar-refractivity contribution in [3.8, 4) is 0 Å². The van der Waals surface area contributed by atoms with Gasteiger partial charge in [0.05, 0.1) is 18.8 Å². The molecule has 0 bridgehead atoms. The van der Waals surface area contributed by atoms with Crippen LogP contribution in [0.5, 0.6) is 0 Å². The normalized spacial score (nSPS) is 22.6. The second kappa shape index (κ2) is 6.98. The van der Waals surface area contributed by atoms with Gasteiger partial charge in [0.1, 0.15) is 11.9 Å². The fourth-order valence-corrected chi connectivity index (χ4v) is 2.28. The molecule has 21 heavy (non-hydrogen) atoms. The SMILES string of the molecule is CC(NC(=O)C1CN(C)CCO1)C(O)c1ccc(F)cc1. The third kappa shape index (κ3) is 4.23. The summed E-state index contributed by atoms with van der Waals surface area (Å²) < 4.78 is 18.3. The van der Waals surface area contributed by atoms with Crippen molar-refractivity contribution in [2.24, 2.45) is 0 Å². The first-order valence-electron chi connectivity index (χ1n) is 7.01. The Morgan fingerprint density at radius 2 is 2.14 bits per heavy atom. The molecule has 0 aromatic heterocycles. The number of likely N-dealkylation sites (N-methyl/N-ethyl adjacent to an activating group) is 1. The first-order valence-corrected chi connectivity index (χ1v) is 7.01. The predicted octanol–water partition coefficient (Wildman–Crippen LogP) is 0.694. The van der Waals surface area contributed by atoms with E-state index in [4.69, 9.17) is 4.74 Å². The summed E-state index contributed by atoms with van der Waals surface area (Å²) in [5.41, 5.74) is 0.561. The van der Waals surface area contributed by atoms with E-state index in [9.17, 15) is 14.3 Å². The Balaban J connectivity index is 1.92. The van der Waals surface area contributed by atoms with Crippen molar-refractivity contribution in [2.75, 3.05) is 26.7 Å². The number of carbonyl (C=O) groups is 1. The molecule has 6 heteroatoms. The van der Waals surface area contributed by atoms with Crippen LogP contribution < -0.4 is 5.32 Å². The highest BCUT2D eigenvalue weighted by Crippen LogP contribution is 2.17. The number of amides is 1. The third-order valence-corrected chi connectivity index (χ3v) is 3.62. The highest BCUT2D eigenvalue weighted by atomic mass is 19.1. The number of rotatable bonds is 4. The minimum atomic E-state index is -0.893. The topological polar surface area (TPSA) is 61.8 Å². The van der Waals surface area contributed by atoms with Gasteiger partial charge in [0.25, 0.3) is 5.91 Å². The number of nitrogens with zero attached hydrogens (tertiary/aromatic N) is 1. The minimum absolute atomic E-state index is 0.241. The van der Waals surface area contributed by atoms with Crippen molar-refractivity contribution in [3.63, 3.8) is 0 Å². The lowest BCUT2D eigenvalue weighted by Crippen LogP contribution is -2.51. The van der Waals surface area contributed by atoms with Crippen molar-refractivity contribution in [1.82, 2.24) is 10.2 Å². The summed E-state index contributed by atoms with van der Waals surface area (Å²) in [6, 6.07) is 5.10. The Bertz CT molecular complexity index is 480. The van der Waals surface area contributed by atoms with Gasteiger partial charge in [-0.05, 0) is 31.7 Å². The van der Waals surface area contributed by atoms with Gasteiger partial charge in [-0.2, -0.15) is 0 Å². The van der Waals surface area contributed by atoms with E-state index >= 15 is 0 Å². The number of hydrogen-bond acceptors (Lipinski definition) is 4. The molecular formula is C15H21FN2O3. The van der Waals surface area contributed by atoms with Crippen LogP contribution in [0.2, 0.25) is 0 Å². The molecule has 116 valence electrons. The van der Waals surface area contributed by atoms with Crippen LogP contribution >= 0.6 is 0 Å². The molecule has 0 radical (unpaired) electrons. The molecule has 1 amide bonds. The van der Waals surface area contributed by atoms with E-state index in [0.29, 0.717) is 18.7 Å². The Kier molecular flexibility index (Phi) is 5.27. The van der Waals surface area contributed by atoms with Gasteiger partial charge in [-0.25, -0.2) is 4.39 Å². The Morgan fingerprint density at radius 3 is 2.76 bits per heavy atom. The van der Waals surface area contributed by atoms with Gasteiger partial charge in [0.15, 0.2) is 0 Å². The maximum Gasteiger partial charge on any atom is 0.250 e. The fraction of sp³-hybridized carbons (Fsp3) is 0.533. The van der Waals surface area contributed by atoms with Gasteiger partial charge >= 0.3 is 0 Å². The minimum Gasteiger partial charge on any atom is -0.386 e. The van der Waals surface area contributed by atoms with Gasteiger partial charge in [-0.1, -0.05) is 12.1 Å². The second-order valence-electron chi connectivity index (χ2n) is 5.42. The van der Waals surface area contributed by atoms with E-state index in [1.165, 1.54) is 24.3 Å².